The third-order valence-electron chi connectivity index (χ3n) is 7.77. The van der Waals surface area contributed by atoms with Crippen molar-refractivity contribution in [1.29, 1.82) is 0 Å². The van der Waals surface area contributed by atoms with Gasteiger partial charge in [0, 0.05) is 49.5 Å². The molecule has 9 nitrogen and oxygen atoms in total. The van der Waals surface area contributed by atoms with Gasteiger partial charge in [0.05, 0.1) is 11.7 Å². The highest BCUT2D eigenvalue weighted by Gasteiger charge is 2.49. The normalized spacial score (nSPS) is 25.3. The number of aromatic amines is 1. The topological polar surface area (TPSA) is 102 Å². The zero-order valence-electron chi connectivity index (χ0n) is 19.9. The first-order chi connectivity index (χ1) is 16.9. The molecule has 0 bridgehead atoms. The molecule has 35 heavy (non-hydrogen) atoms. The highest BCUT2D eigenvalue weighted by molar-refractivity contribution is 6.31. The molecule has 3 amide bonds. The fourth-order valence-electron chi connectivity index (χ4n) is 5.54. The van der Waals surface area contributed by atoms with Crippen LogP contribution < -0.4 is 10.2 Å². The summed E-state index contributed by atoms with van der Waals surface area (Å²) in [5.41, 5.74) is 0.838. The molecule has 186 valence electrons. The zero-order chi connectivity index (χ0) is 24.6. The van der Waals surface area contributed by atoms with Crippen molar-refractivity contribution in [1.82, 2.24) is 25.1 Å². The standard InChI is InChI=1S/C25H31ClN6O3/c1-30-11-13-31(14-12-30)23(34)21-20(27-16-28-21)22(33)29-18-5-7-25(8-6-18)9-10-32(24(25)35)19-4-2-3-17(26)15-19/h2-4,15-16,18H,5-14H2,1H3,(H,27,28)(H,29,33). The average molecular weight is 499 g/mol. The van der Waals surface area contributed by atoms with Crippen LogP contribution >= 0.6 is 11.6 Å². The second-order valence-electron chi connectivity index (χ2n) is 9.94. The Balaban J connectivity index is 1.19. The largest absolute Gasteiger partial charge is 0.348 e. The number of benzene rings is 1. The molecular formula is C25H31ClN6O3. The highest BCUT2D eigenvalue weighted by atomic mass is 35.5. The van der Waals surface area contributed by atoms with Crippen molar-refractivity contribution in [3.63, 3.8) is 0 Å². The summed E-state index contributed by atoms with van der Waals surface area (Å²) >= 11 is 6.13. The predicted octanol–water partition coefficient (Wildman–Crippen LogP) is 2.55. The van der Waals surface area contributed by atoms with Gasteiger partial charge >= 0.3 is 0 Å². The van der Waals surface area contributed by atoms with Crippen molar-refractivity contribution in [3.05, 3.63) is 47.0 Å². The number of rotatable bonds is 4. The number of halogens is 1. The summed E-state index contributed by atoms with van der Waals surface area (Å²) in [6, 6.07) is 7.36. The summed E-state index contributed by atoms with van der Waals surface area (Å²) in [5, 5.41) is 3.67. The molecule has 2 N–H and O–H groups in total. The van der Waals surface area contributed by atoms with Gasteiger partial charge in [-0.15, -0.1) is 0 Å². The van der Waals surface area contributed by atoms with Crippen molar-refractivity contribution in [3.8, 4) is 0 Å². The Bertz CT molecular complexity index is 1120. The monoisotopic (exact) mass is 498 g/mol. The van der Waals surface area contributed by atoms with Gasteiger partial charge in [-0.1, -0.05) is 17.7 Å². The zero-order valence-corrected chi connectivity index (χ0v) is 20.7. The number of likely N-dealkylation sites (N-methyl/N-ethyl adjacent to an activating group) is 1. The molecule has 10 heteroatoms. The molecule has 1 aliphatic carbocycles. The molecule has 1 aromatic carbocycles. The number of H-pyrrole nitrogens is 1. The van der Waals surface area contributed by atoms with E-state index in [0.717, 1.165) is 38.0 Å². The maximum atomic E-state index is 13.3. The number of imidazole rings is 1. The van der Waals surface area contributed by atoms with E-state index in [1.54, 1.807) is 11.0 Å². The van der Waals surface area contributed by atoms with Crippen LogP contribution in [-0.4, -0.2) is 83.3 Å². The second kappa shape index (κ2) is 9.62. The molecule has 1 saturated carbocycles. The lowest BCUT2D eigenvalue weighted by atomic mass is 9.71. The van der Waals surface area contributed by atoms with Crippen molar-refractivity contribution in [2.75, 3.05) is 44.7 Å². The Labute approximate surface area is 209 Å². The number of anilines is 1. The lowest BCUT2D eigenvalue weighted by molar-refractivity contribution is -0.127. The molecule has 3 heterocycles. The maximum Gasteiger partial charge on any atom is 0.272 e. The van der Waals surface area contributed by atoms with E-state index in [-0.39, 0.29) is 40.6 Å². The molecule has 3 aliphatic rings. The molecule has 1 spiro atoms. The van der Waals surface area contributed by atoms with Gasteiger partial charge in [0.2, 0.25) is 5.91 Å². The number of hydrogen-bond donors (Lipinski definition) is 2. The third-order valence-corrected chi connectivity index (χ3v) is 8.00. The summed E-state index contributed by atoms with van der Waals surface area (Å²) in [7, 11) is 2.03. The van der Waals surface area contributed by atoms with Crippen molar-refractivity contribution >= 4 is 35.0 Å². The number of aromatic nitrogens is 2. The van der Waals surface area contributed by atoms with E-state index in [1.807, 2.05) is 30.1 Å². The summed E-state index contributed by atoms with van der Waals surface area (Å²) in [6.45, 7) is 3.54. The van der Waals surface area contributed by atoms with Crippen LogP contribution in [0.4, 0.5) is 5.69 Å². The van der Waals surface area contributed by atoms with Gasteiger partial charge < -0.3 is 25.0 Å². The Morgan fingerprint density at radius 3 is 2.57 bits per heavy atom. The minimum atomic E-state index is -0.377. The molecule has 5 rings (SSSR count). The SMILES string of the molecule is CN1CCN(C(=O)c2[nH]cnc2C(=O)NC2CCC3(CC2)CCN(c2cccc(Cl)c2)C3=O)CC1. The number of amides is 3. The highest BCUT2D eigenvalue weighted by Crippen LogP contribution is 2.46. The van der Waals surface area contributed by atoms with Gasteiger partial charge in [-0.05, 0) is 57.4 Å². The molecule has 2 saturated heterocycles. The Morgan fingerprint density at radius 2 is 1.86 bits per heavy atom. The lowest BCUT2D eigenvalue weighted by Crippen LogP contribution is -2.48. The first-order valence-electron chi connectivity index (χ1n) is 12.3. The molecule has 0 radical (unpaired) electrons. The average Bonchev–Trinajstić information content (AvgIpc) is 3.46. The van der Waals surface area contributed by atoms with Gasteiger partial charge in [0.25, 0.3) is 11.8 Å². The van der Waals surface area contributed by atoms with Crippen molar-refractivity contribution < 1.29 is 14.4 Å². The smallest absolute Gasteiger partial charge is 0.272 e. The molecule has 0 unspecified atom stereocenters. The predicted molar refractivity (Wildman–Crippen MR) is 133 cm³/mol. The first kappa shape index (κ1) is 23.8. The Kier molecular flexibility index (Phi) is 6.55. The van der Waals surface area contributed by atoms with Gasteiger partial charge in [-0.3, -0.25) is 14.4 Å². The van der Waals surface area contributed by atoms with Crippen LogP contribution in [0.1, 0.15) is 53.1 Å². The van der Waals surface area contributed by atoms with Crippen LogP contribution in [0, 0.1) is 5.41 Å². The van der Waals surface area contributed by atoms with Crippen LogP contribution in [0.3, 0.4) is 0 Å². The summed E-state index contributed by atoms with van der Waals surface area (Å²) in [5.74, 6) is -0.388. The minimum Gasteiger partial charge on any atom is -0.348 e. The van der Waals surface area contributed by atoms with E-state index >= 15 is 0 Å². The molecular weight excluding hydrogens is 468 g/mol. The number of nitrogens with zero attached hydrogens (tertiary/aromatic N) is 4. The van der Waals surface area contributed by atoms with E-state index < -0.39 is 0 Å². The van der Waals surface area contributed by atoms with Crippen LogP contribution in [-0.2, 0) is 4.79 Å². The summed E-state index contributed by atoms with van der Waals surface area (Å²) in [4.78, 5) is 52.1. The number of carbonyl (C=O) groups excluding carboxylic acids is 3. The maximum absolute atomic E-state index is 13.3. The van der Waals surface area contributed by atoms with E-state index in [0.29, 0.717) is 37.5 Å². The molecule has 0 atom stereocenters. The van der Waals surface area contributed by atoms with E-state index in [4.69, 9.17) is 11.6 Å². The van der Waals surface area contributed by atoms with E-state index in [2.05, 4.69) is 20.2 Å². The molecule has 3 fully saturated rings. The Morgan fingerprint density at radius 1 is 1.11 bits per heavy atom. The summed E-state index contributed by atoms with van der Waals surface area (Å²) in [6.07, 6.45) is 5.08. The van der Waals surface area contributed by atoms with E-state index in [9.17, 15) is 14.4 Å². The second-order valence-corrected chi connectivity index (χ2v) is 10.4. The fraction of sp³-hybridized carbons (Fsp3) is 0.520. The minimum absolute atomic E-state index is 0.0515. The van der Waals surface area contributed by atoms with Crippen LogP contribution in [0.5, 0.6) is 0 Å². The van der Waals surface area contributed by atoms with Gasteiger partial charge in [-0.2, -0.15) is 0 Å². The lowest BCUT2D eigenvalue weighted by Gasteiger charge is -2.36. The van der Waals surface area contributed by atoms with Crippen LogP contribution in [0.2, 0.25) is 5.02 Å². The van der Waals surface area contributed by atoms with Crippen molar-refractivity contribution in [2.45, 2.75) is 38.1 Å². The number of piperazine rings is 1. The van der Waals surface area contributed by atoms with Gasteiger partial charge in [0.15, 0.2) is 5.69 Å². The molecule has 1 aromatic heterocycles. The van der Waals surface area contributed by atoms with Crippen molar-refractivity contribution in [2.24, 2.45) is 5.41 Å². The van der Waals surface area contributed by atoms with Crippen LogP contribution in [0.25, 0.3) is 0 Å². The quantitative estimate of drug-likeness (QED) is 0.674. The van der Waals surface area contributed by atoms with E-state index in [1.165, 1.54) is 6.33 Å². The Hall–Kier alpha value is -2.91. The number of nitrogens with one attached hydrogen (secondary N) is 2. The molecule has 2 aromatic rings. The number of hydrogen-bond acceptors (Lipinski definition) is 5. The fourth-order valence-corrected chi connectivity index (χ4v) is 5.72. The first-order valence-corrected chi connectivity index (χ1v) is 12.6. The van der Waals surface area contributed by atoms with Gasteiger partial charge in [-0.25, -0.2) is 4.98 Å². The third kappa shape index (κ3) is 4.67. The van der Waals surface area contributed by atoms with Gasteiger partial charge in [0.1, 0.15) is 5.69 Å². The number of carbonyl (C=O) groups is 3. The van der Waals surface area contributed by atoms with Crippen LogP contribution in [0.15, 0.2) is 30.6 Å². The molecule has 2 aliphatic heterocycles. The summed E-state index contributed by atoms with van der Waals surface area (Å²) < 4.78 is 0.